The zero-order valence-corrected chi connectivity index (χ0v) is 14.8. The normalized spacial score (nSPS) is 18.5. The number of nitrogens with one attached hydrogen (secondary N) is 1. The van der Waals surface area contributed by atoms with E-state index in [9.17, 15) is 14.0 Å². The van der Waals surface area contributed by atoms with Gasteiger partial charge in [0.15, 0.2) is 5.82 Å². The summed E-state index contributed by atoms with van der Waals surface area (Å²) in [6.07, 6.45) is 2.17. The lowest BCUT2D eigenvalue weighted by Gasteiger charge is -2.35. The van der Waals surface area contributed by atoms with Gasteiger partial charge >= 0.3 is 6.03 Å². The third-order valence-corrected chi connectivity index (χ3v) is 4.96. The van der Waals surface area contributed by atoms with E-state index in [4.69, 9.17) is 11.6 Å². The molecule has 1 N–H and O–H groups in total. The Kier molecular flexibility index (Phi) is 5.75. The van der Waals surface area contributed by atoms with Crippen LogP contribution in [-0.4, -0.2) is 72.5 Å². The summed E-state index contributed by atoms with van der Waals surface area (Å²) in [7, 11) is 0. The fourth-order valence-electron chi connectivity index (χ4n) is 3.16. The number of amides is 3. The van der Waals surface area contributed by atoms with Crippen LogP contribution < -0.4 is 5.32 Å². The minimum atomic E-state index is -0.632. The van der Waals surface area contributed by atoms with Gasteiger partial charge in [0.05, 0.1) is 17.3 Å². The molecule has 3 amide bonds. The predicted octanol–water partition coefficient (Wildman–Crippen LogP) is 2.25. The van der Waals surface area contributed by atoms with Gasteiger partial charge in [0.2, 0.25) is 5.91 Å². The number of anilines is 1. The molecule has 1 aromatic carbocycles. The molecule has 2 saturated heterocycles. The summed E-state index contributed by atoms with van der Waals surface area (Å²) >= 11 is 5.72. The van der Waals surface area contributed by atoms with Crippen molar-refractivity contribution < 1.29 is 14.0 Å². The molecule has 0 unspecified atom stereocenters. The van der Waals surface area contributed by atoms with Gasteiger partial charge in [-0.25, -0.2) is 9.18 Å². The molecule has 2 aliphatic rings. The molecule has 0 atom stereocenters. The number of carbonyl (C=O) groups excluding carboxylic acids is 2. The van der Waals surface area contributed by atoms with Crippen molar-refractivity contribution in [2.45, 2.75) is 12.8 Å². The Hall–Kier alpha value is -1.86. The van der Waals surface area contributed by atoms with Crippen LogP contribution in [-0.2, 0) is 4.79 Å². The number of carbonyl (C=O) groups is 2. The minimum Gasteiger partial charge on any atom is -0.342 e. The van der Waals surface area contributed by atoms with E-state index in [1.807, 2.05) is 4.90 Å². The van der Waals surface area contributed by atoms with Crippen molar-refractivity contribution in [1.29, 1.82) is 0 Å². The molecule has 0 spiro atoms. The van der Waals surface area contributed by atoms with Crippen LogP contribution in [0.1, 0.15) is 12.8 Å². The number of hydrogen-bond acceptors (Lipinski definition) is 3. The summed E-state index contributed by atoms with van der Waals surface area (Å²) in [5.41, 5.74) is 0.0733. The van der Waals surface area contributed by atoms with Gasteiger partial charge in [0, 0.05) is 39.3 Å². The van der Waals surface area contributed by atoms with Crippen molar-refractivity contribution in [3.05, 3.63) is 29.0 Å². The highest BCUT2D eigenvalue weighted by atomic mass is 35.5. The molecule has 2 fully saturated rings. The first-order chi connectivity index (χ1) is 12.0. The molecule has 6 nitrogen and oxygen atoms in total. The third-order valence-electron chi connectivity index (χ3n) is 4.67. The van der Waals surface area contributed by atoms with E-state index < -0.39 is 5.82 Å². The van der Waals surface area contributed by atoms with Crippen molar-refractivity contribution >= 4 is 29.2 Å². The van der Waals surface area contributed by atoms with Crippen LogP contribution in [0.3, 0.4) is 0 Å². The highest BCUT2D eigenvalue weighted by molar-refractivity contribution is 6.31. The molecule has 0 radical (unpaired) electrons. The Morgan fingerprint density at radius 1 is 1.04 bits per heavy atom. The van der Waals surface area contributed by atoms with Gasteiger partial charge < -0.3 is 15.1 Å². The number of piperazine rings is 1. The molecule has 1 aromatic rings. The van der Waals surface area contributed by atoms with E-state index in [1.165, 1.54) is 12.1 Å². The minimum absolute atomic E-state index is 0.0250. The number of nitrogens with zero attached hydrogens (tertiary/aromatic N) is 3. The van der Waals surface area contributed by atoms with Gasteiger partial charge in [-0.3, -0.25) is 9.69 Å². The average Bonchev–Trinajstić information content (AvgIpc) is 3.14. The number of rotatable bonds is 3. The highest BCUT2D eigenvalue weighted by Gasteiger charge is 2.25. The number of urea groups is 1. The topological polar surface area (TPSA) is 55.9 Å². The van der Waals surface area contributed by atoms with E-state index in [1.54, 1.807) is 11.0 Å². The molecule has 2 heterocycles. The van der Waals surface area contributed by atoms with Crippen molar-refractivity contribution in [1.82, 2.24) is 14.7 Å². The molecule has 0 aromatic heterocycles. The van der Waals surface area contributed by atoms with Crippen molar-refractivity contribution in [2.75, 3.05) is 51.1 Å². The molecule has 8 heteroatoms. The first-order valence-electron chi connectivity index (χ1n) is 8.54. The Morgan fingerprint density at radius 3 is 2.40 bits per heavy atom. The molecule has 136 valence electrons. The van der Waals surface area contributed by atoms with Gasteiger partial charge in [-0.15, -0.1) is 0 Å². The van der Waals surface area contributed by atoms with Crippen LogP contribution in [0.4, 0.5) is 14.9 Å². The van der Waals surface area contributed by atoms with Gasteiger partial charge in [0.1, 0.15) is 0 Å². The number of benzene rings is 1. The zero-order chi connectivity index (χ0) is 17.8. The van der Waals surface area contributed by atoms with Gasteiger partial charge in [-0.1, -0.05) is 17.7 Å². The first kappa shape index (κ1) is 17.9. The van der Waals surface area contributed by atoms with Crippen molar-refractivity contribution in [3.63, 3.8) is 0 Å². The van der Waals surface area contributed by atoms with Crippen LogP contribution in [0.2, 0.25) is 5.02 Å². The largest absolute Gasteiger partial charge is 0.342 e. The quantitative estimate of drug-likeness (QED) is 0.890. The van der Waals surface area contributed by atoms with E-state index in [0.717, 1.165) is 25.9 Å². The maximum absolute atomic E-state index is 13.9. The van der Waals surface area contributed by atoms with Gasteiger partial charge in [-0.2, -0.15) is 0 Å². The molecule has 2 aliphatic heterocycles. The maximum atomic E-state index is 13.9. The number of hydrogen-bond donors (Lipinski definition) is 1. The van der Waals surface area contributed by atoms with Crippen molar-refractivity contribution in [2.24, 2.45) is 0 Å². The highest BCUT2D eigenvalue weighted by Crippen LogP contribution is 2.22. The second kappa shape index (κ2) is 8.01. The summed E-state index contributed by atoms with van der Waals surface area (Å²) < 4.78 is 13.9. The van der Waals surface area contributed by atoms with E-state index in [-0.39, 0.29) is 22.6 Å². The fourth-order valence-corrected chi connectivity index (χ4v) is 3.34. The van der Waals surface area contributed by atoms with Gasteiger partial charge in [0.25, 0.3) is 0 Å². The Morgan fingerprint density at radius 2 is 1.72 bits per heavy atom. The summed E-state index contributed by atoms with van der Waals surface area (Å²) in [6.45, 7) is 4.37. The Labute approximate surface area is 151 Å². The van der Waals surface area contributed by atoms with Crippen LogP contribution in [0.5, 0.6) is 0 Å². The summed E-state index contributed by atoms with van der Waals surface area (Å²) in [5.74, 6) is -0.469. The lowest BCUT2D eigenvalue weighted by Crippen LogP contribution is -2.52. The summed E-state index contributed by atoms with van der Waals surface area (Å²) in [4.78, 5) is 30.0. The number of halogens is 2. The SMILES string of the molecule is O=C(CN1CCN(C(=O)Nc2cccc(Cl)c2F)CC1)N1CCCC1. The molecular formula is C17H22ClFN4O2. The first-order valence-corrected chi connectivity index (χ1v) is 8.92. The van der Waals surface area contributed by atoms with Crippen LogP contribution in [0.25, 0.3) is 0 Å². The Balaban J connectivity index is 1.47. The van der Waals surface area contributed by atoms with Crippen molar-refractivity contribution in [3.8, 4) is 0 Å². The lowest BCUT2D eigenvalue weighted by molar-refractivity contribution is -0.131. The molecule has 0 aliphatic carbocycles. The fraction of sp³-hybridized carbons (Fsp3) is 0.529. The molecule has 0 bridgehead atoms. The standard InChI is InChI=1S/C17H22ClFN4O2/c18-13-4-3-5-14(16(13)19)20-17(25)23-10-8-21(9-11-23)12-15(24)22-6-1-2-7-22/h3-5H,1-2,6-12H2,(H,20,25). The second-order valence-electron chi connectivity index (χ2n) is 6.38. The molecule has 25 heavy (non-hydrogen) atoms. The van der Waals surface area contributed by atoms with E-state index in [0.29, 0.717) is 32.7 Å². The van der Waals surface area contributed by atoms with Crippen LogP contribution >= 0.6 is 11.6 Å². The summed E-state index contributed by atoms with van der Waals surface area (Å²) in [5, 5.41) is 2.53. The average molecular weight is 369 g/mol. The second-order valence-corrected chi connectivity index (χ2v) is 6.79. The van der Waals surface area contributed by atoms with E-state index >= 15 is 0 Å². The molecule has 0 saturated carbocycles. The van der Waals surface area contributed by atoms with Crippen LogP contribution in [0.15, 0.2) is 18.2 Å². The number of likely N-dealkylation sites (tertiary alicyclic amines) is 1. The smallest absolute Gasteiger partial charge is 0.322 e. The Bertz CT molecular complexity index is 644. The molecular weight excluding hydrogens is 347 g/mol. The van der Waals surface area contributed by atoms with E-state index in [2.05, 4.69) is 10.2 Å². The predicted molar refractivity (Wildman–Crippen MR) is 94.3 cm³/mol. The maximum Gasteiger partial charge on any atom is 0.322 e. The van der Waals surface area contributed by atoms with Gasteiger partial charge in [-0.05, 0) is 25.0 Å². The zero-order valence-electron chi connectivity index (χ0n) is 14.0. The monoisotopic (exact) mass is 368 g/mol. The molecule has 3 rings (SSSR count). The summed E-state index contributed by atoms with van der Waals surface area (Å²) in [6, 6.07) is 4.14. The third kappa shape index (κ3) is 4.41. The lowest BCUT2D eigenvalue weighted by atomic mass is 10.3. The van der Waals surface area contributed by atoms with Crippen LogP contribution in [0, 0.1) is 5.82 Å².